The van der Waals surface area contributed by atoms with E-state index in [1.54, 1.807) is 18.7 Å². The van der Waals surface area contributed by atoms with Gasteiger partial charge in [0.2, 0.25) is 23.6 Å². The van der Waals surface area contributed by atoms with Crippen LogP contribution < -0.4 is 37.2 Å². The largest absolute Gasteiger partial charge is 0.481 e. The predicted molar refractivity (Wildman–Crippen MR) is 491 cm³/mol. The number of hydrogen-bond donors (Lipinski definition) is 11. The molecule has 39 nitrogen and oxygen atoms in total. The number of hydrogen-bond acceptors (Lipinski definition) is 28. The maximum absolute atomic E-state index is 13.2. The number of piperazine rings is 3. The number of benzene rings is 5. The van der Waals surface area contributed by atoms with Crippen molar-refractivity contribution in [3.8, 4) is 22.3 Å². The minimum Gasteiger partial charge on any atom is -0.481 e. The van der Waals surface area contributed by atoms with Gasteiger partial charge in [-0.1, -0.05) is 161 Å². The normalized spacial score (nSPS) is 26.7. The number of aliphatic hydroxyl groups is 2. The molecule has 0 bridgehead atoms. The Bertz CT molecular complexity index is 5340. The van der Waals surface area contributed by atoms with E-state index >= 15 is 0 Å². The van der Waals surface area contributed by atoms with Crippen molar-refractivity contribution in [2.45, 2.75) is 231 Å². The molecule has 0 aromatic heterocycles. The summed E-state index contributed by atoms with van der Waals surface area (Å²) < 4.78 is 44.4. The molecule has 9 saturated heterocycles. The Morgan fingerprint density at radius 1 is 0.482 bits per heavy atom. The van der Waals surface area contributed by atoms with E-state index in [-0.39, 0.29) is 144 Å². The standard InChI is InChI=1S/C29H31N3O6.C26H27N3O6.C16H21NO5.C14H19N3O4.C8H14N2O2.C5H9NO3.2Pt/c1-3-13-37-25(33)14-24-26(34)32-16-18(15-29(32,4-2)27(35)31-24)30-28(36)38-17-23-21-11-7-5-9-19(21)20-10-6-8-12-22(20)23;1-2-26-12-15(13-29(26)23(32)21(11-22(30)31)28-24(26)33)27-25(34)35-14-20-18-9-5-3-7-16(18)17-8-4-6-10-19(17)20;1-3-16(14(19)21-2)9-13(18)10-17(16)15(20)22-11-12-7-5-4-6-8-12;1-3-5-21-11(18)6-10-12(19)17-8-9(15)7-14(17,4-2)13(20)16-10;1-3-8(7(11)12-2)4-6(9)5-10-8;7-3-1-4(5(8)9)6-2-3;;/h3,5-12,18,23-24H,1,4,13-17H2,2H3,(H,30,36)(H,31,35);3-10,15,20-21H,2,11-14H2,1H3,(H,27,34)(H,28,33)(H,30,31);4-8,13,18H,3,9-11H2,1-2H3;3,9-10H,1,4-8H2,2H3,(H,16,20);6,10H,3-5H2,1-2H3;3-4,6-7H,1-2H2,(H,8,9);;/t18-,24-,29-;15-,21-,26-;13-,16?;9-,10-,14-;6-,8-;3-,4+;;/m001001../s1. The Labute approximate surface area is 826 Å². The summed E-state index contributed by atoms with van der Waals surface area (Å²) in [7, 11) is 2.70. The molecule has 2 aliphatic carbocycles. The van der Waals surface area contributed by atoms with Gasteiger partial charge >= 0.3 is 271 Å². The molecule has 1 unspecified atom stereocenters. The van der Waals surface area contributed by atoms with Crippen LogP contribution in [0.15, 0.2) is 160 Å². The van der Waals surface area contributed by atoms with Crippen LogP contribution in [0, 0.1) is 0 Å². The summed E-state index contributed by atoms with van der Waals surface area (Å²) in [6.07, 6.45) is 3.55. The minimum absolute atomic E-state index is 0.0302. The van der Waals surface area contributed by atoms with Gasteiger partial charge in [-0.2, -0.15) is 0 Å². The molecule has 41 heteroatoms. The van der Waals surface area contributed by atoms with Gasteiger partial charge in [-0.25, -0.2) is 19.2 Å². The zero-order valence-electron chi connectivity index (χ0n) is 78.4. The molecule has 0 spiro atoms. The van der Waals surface area contributed by atoms with Crippen molar-refractivity contribution in [2.24, 2.45) is 6.99 Å². The van der Waals surface area contributed by atoms with Gasteiger partial charge in [-0.05, 0) is 69.3 Å². The van der Waals surface area contributed by atoms with Crippen LogP contribution in [-0.4, -0.2) is 298 Å². The second kappa shape index (κ2) is 48.1. The monoisotopic (exact) mass is 2290 g/mol. The third kappa shape index (κ3) is 24.0. The van der Waals surface area contributed by atoms with Crippen LogP contribution in [0.5, 0.6) is 0 Å². The van der Waals surface area contributed by atoms with Crippen molar-refractivity contribution in [2.75, 3.05) is 79.9 Å². The van der Waals surface area contributed by atoms with E-state index in [0.29, 0.717) is 51.6 Å². The number of rotatable bonds is 28. The number of carbonyl (C=O) groups is 15. The van der Waals surface area contributed by atoms with Crippen LogP contribution in [0.1, 0.15) is 164 Å². The van der Waals surface area contributed by atoms with Crippen molar-refractivity contribution in [1.82, 2.24) is 56.8 Å². The van der Waals surface area contributed by atoms with E-state index in [9.17, 15) is 77.0 Å². The molecule has 15 atom stereocenters. The number of carboxylic acid groups (broad SMARTS) is 2. The zero-order valence-corrected chi connectivity index (χ0v) is 82.9. The van der Waals surface area contributed by atoms with Crippen LogP contribution in [0.4, 0.5) is 14.4 Å². The van der Waals surface area contributed by atoms with Crippen molar-refractivity contribution in [3.05, 3.63) is 181 Å². The number of carbonyl (C=O) groups excluding carboxylic acids is 13. The van der Waals surface area contributed by atoms with Gasteiger partial charge in [0.15, 0.2) is 0 Å². The molecule has 16 rings (SSSR count). The summed E-state index contributed by atoms with van der Waals surface area (Å²) in [5.41, 5.74) is 5.19. The molecule has 0 saturated carbocycles. The molecule has 11 N–H and O–H groups in total. The van der Waals surface area contributed by atoms with Gasteiger partial charge in [0.05, 0.1) is 50.8 Å². The van der Waals surface area contributed by atoms with Crippen molar-refractivity contribution in [1.29, 1.82) is 0 Å². The Morgan fingerprint density at radius 2 is 0.899 bits per heavy atom. The van der Waals surface area contributed by atoms with Crippen LogP contribution in [0.25, 0.3) is 22.3 Å². The number of carboxylic acids is 2. The molecule has 5 aromatic carbocycles. The minimum atomic E-state index is -1.17. The number of ether oxygens (including phenoxy) is 7. The van der Waals surface area contributed by atoms with Gasteiger partial charge in [0, 0.05) is 57.2 Å². The van der Waals surface area contributed by atoms with Crippen LogP contribution in [0.3, 0.4) is 0 Å². The Morgan fingerprint density at radius 3 is 1.27 bits per heavy atom. The smallest absolute Gasteiger partial charge is 0.407 e. The fourth-order valence-electron chi connectivity index (χ4n) is 20.2. The summed E-state index contributed by atoms with van der Waals surface area (Å²) in [6.45, 7) is 18.7. The number of nitrogens with zero attached hydrogens (tertiary/aromatic N) is 6. The molecule has 9 amide bonds. The second-order valence-electron chi connectivity index (χ2n) is 35.5. The van der Waals surface area contributed by atoms with Gasteiger partial charge in [-0.3, -0.25) is 38.5 Å². The van der Waals surface area contributed by atoms with Crippen LogP contribution >= 0.6 is 0 Å². The Hall–Kier alpha value is -12.2. The molecule has 139 heavy (non-hydrogen) atoms. The fraction of sp³-hybridized carbons (Fsp3) is 0.500. The summed E-state index contributed by atoms with van der Waals surface area (Å²) in [6, 6.07) is 37.3. The predicted octanol–water partition coefficient (Wildman–Crippen LogP) is 6.13. The first kappa shape index (κ1) is 107. The molecule has 11 aliphatic rings. The number of methoxy groups -OCH3 is 2. The molecule has 5 aromatic rings. The molecule has 9 heterocycles. The number of nitrogens with one attached hydrogen (secondary N) is 7. The Balaban J connectivity index is 0.000000168. The zero-order chi connectivity index (χ0) is 101. The SMILES string of the molecule is C=CCOC(=O)C[C@@H]1NC(=O)[C@]2(CC)C[C@H](NC(=O)OCC3c4ccccc4-c4ccccc43)CN2C1=O.C=CCOC(=O)C[C@@H]1NC(=O)[C@]2(CC)C[C@H]([N]=[Pt])CN2C1=O.CCC1(C(=O)OC)C[C@@H](O)CN1C(=O)OCc1ccccc1.CC[C@@]1(C(=O)OC)C[C@H]([N]=[Pt])CN1.CC[C@@]12C[C@H](NC(=O)OCC3c4ccccc4-c4ccccc43)CN1C(=O)[C@H](CC(=O)O)NC2=O.O=C(O)[C@@H]1C[C@@H](O)CN1. The van der Waals surface area contributed by atoms with Gasteiger partial charge in [0.25, 0.3) is 0 Å². The summed E-state index contributed by atoms with van der Waals surface area (Å²) in [4.78, 5) is 190. The first-order valence-electron chi connectivity index (χ1n) is 46.3. The molecule has 9 fully saturated rings. The third-order valence-electron chi connectivity index (χ3n) is 27.4. The molecular weight excluding hydrogens is 2170 g/mol. The van der Waals surface area contributed by atoms with E-state index < -0.39 is 137 Å². The number of alkyl carbamates (subject to hydrolysis) is 2. The number of β-amino-alcohol motifs (C(OH)–C–C–N with tert-alkyl or cyclic N) is 2. The van der Waals surface area contributed by atoms with E-state index in [4.69, 9.17) is 48.5 Å². The maximum atomic E-state index is 13.2. The molecule has 9 aliphatic heterocycles. The van der Waals surface area contributed by atoms with Crippen LogP contribution in [-0.2, 0) is 137 Å². The average molecular weight is 2290 g/mol. The number of amides is 9. The summed E-state index contributed by atoms with van der Waals surface area (Å²) in [5, 5.41) is 55.6. The van der Waals surface area contributed by atoms with Gasteiger partial charge < -0.3 is 80.5 Å². The second-order valence-corrected chi connectivity index (χ2v) is 36.7. The van der Waals surface area contributed by atoms with Gasteiger partial charge in [0.1, 0.15) is 61.2 Å². The topological polar surface area (TPSA) is 523 Å². The van der Waals surface area contributed by atoms with Crippen molar-refractivity contribution in [3.63, 3.8) is 0 Å². The van der Waals surface area contributed by atoms with E-state index in [1.165, 1.54) is 41.1 Å². The van der Waals surface area contributed by atoms with Crippen molar-refractivity contribution >= 4 is 89.5 Å². The number of aliphatic carboxylic acids is 2. The summed E-state index contributed by atoms with van der Waals surface area (Å²) >= 11 is 3.87. The first-order chi connectivity index (χ1) is 66.6. The van der Waals surface area contributed by atoms with Crippen LogP contribution in [0.2, 0.25) is 0 Å². The van der Waals surface area contributed by atoms with E-state index in [2.05, 4.69) is 93.8 Å². The van der Waals surface area contributed by atoms with E-state index in [0.717, 1.165) is 69.5 Å². The maximum Gasteiger partial charge on any atom is 0.407 e. The summed E-state index contributed by atoms with van der Waals surface area (Å²) in [5.74, 6) is -5.98. The van der Waals surface area contributed by atoms with E-state index in [1.807, 2.05) is 151 Å². The molecular formula is C98H121N13O26Pt2. The molecule has 754 valence electrons. The fourth-order valence-corrected chi connectivity index (χ4v) is 21.0. The number of aliphatic hydroxyl groups excluding tert-OH is 2. The van der Waals surface area contributed by atoms with Gasteiger partial charge in [-0.15, -0.1) is 0 Å². The Kier molecular flexibility index (Phi) is 37.2. The number of fused-ring (bicyclic) bond motifs is 9. The number of likely N-dealkylation sites (tertiary alicyclic amines) is 1. The first-order valence-corrected chi connectivity index (χ1v) is 48.3. The number of esters is 4. The van der Waals surface area contributed by atoms with Crippen molar-refractivity contribution < 1.29 is 165 Å². The average Bonchev–Trinajstić information content (AvgIpc) is 1.60. The quantitative estimate of drug-likeness (QED) is 0.0152. The third-order valence-corrected chi connectivity index (χ3v) is 29.1. The molecule has 0 radical (unpaired) electrons.